The number of ether oxygens (including phenoxy) is 1. The lowest BCUT2D eigenvalue weighted by Crippen LogP contribution is -1.94. The molecule has 1 aromatic carbocycles. The molecule has 0 spiro atoms. The van der Waals surface area contributed by atoms with Crippen molar-refractivity contribution in [2.75, 3.05) is 0 Å². The summed E-state index contributed by atoms with van der Waals surface area (Å²) >= 11 is 5.75. The summed E-state index contributed by atoms with van der Waals surface area (Å²) in [6, 6.07) is 7.98. The van der Waals surface area contributed by atoms with E-state index in [-0.39, 0.29) is 5.28 Å². The van der Waals surface area contributed by atoms with E-state index in [9.17, 15) is 0 Å². The third kappa shape index (κ3) is 2.99. The smallest absolute Gasteiger partial charge is 0.226 e. The molecule has 0 aliphatic heterocycles. The second-order valence-electron chi connectivity index (χ2n) is 4.45. The summed E-state index contributed by atoms with van der Waals surface area (Å²) in [6.45, 7) is 6.20. The van der Waals surface area contributed by atoms with Gasteiger partial charge in [-0.1, -0.05) is 26.0 Å². The minimum atomic E-state index is 0.189. The average Bonchev–Trinajstić information content (AvgIpc) is 2.34. The molecule has 0 atom stereocenters. The van der Waals surface area contributed by atoms with Crippen molar-refractivity contribution >= 4 is 11.6 Å². The van der Waals surface area contributed by atoms with Gasteiger partial charge < -0.3 is 4.74 Å². The van der Waals surface area contributed by atoms with Crippen LogP contribution in [0.2, 0.25) is 5.28 Å². The van der Waals surface area contributed by atoms with Crippen molar-refractivity contribution < 1.29 is 4.74 Å². The highest BCUT2D eigenvalue weighted by atomic mass is 35.5. The summed E-state index contributed by atoms with van der Waals surface area (Å²) in [7, 11) is 0. The standard InChI is InChI=1S/C14H15ClN2O/c1-9(2)11-4-6-12(7-5-11)18-13-10(3)8-16-14(15)17-13/h4-9H,1-3H3. The van der Waals surface area contributed by atoms with Gasteiger partial charge in [-0.05, 0) is 42.1 Å². The van der Waals surface area contributed by atoms with E-state index in [2.05, 4.69) is 35.9 Å². The van der Waals surface area contributed by atoms with Gasteiger partial charge in [0.25, 0.3) is 0 Å². The molecule has 2 aromatic rings. The van der Waals surface area contributed by atoms with Gasteiger partial charge in [-0.2, -0.15) is 4.98 Å². The van der Waals surface area contributed by atoms with E-state index < -0.39 is 0 Å². The topological polar surface area (TPSA) is 35.0 Å². The van der Waals surface area contributed by atoms with Crippen LogP contribution in [-0.2, 0) is 0 Å². The zero-order valence-electron chi connectivity index (χ0n) is 10.6. The Balaban J connectivity index is 2.21. The SMILES string of the molecule is Cc1cnc(Cl)nc1Oc1ccc(C(C)C)cc1. The quantitative estimate of drug-likeness (QED) is 0.771. The van der Waals surface area contributed by atoms with E-state index in [1.54, 1.807) is 6.20 Å². The Morgan fingerprint density at radius 2 is 1.83 bits per heavy atom. The third-order valence-electron chi connectivity index (χ3n) is 2.66. The summed E-state index contributed by atoms with van der Waals surface area (Å²) in [5.74, 6) is 1.75. The third-order valence-corrected chi connectivity index (χ3v) is 2.84. The molecule has 2 rings (SSSR count). The molecule has 94 valence electrons. The van der Waals surface area contributed by atoms with Crippen LogP contribution in [0.15, 0.2) is 30.5 Å². The summed E-state index contributed by atoms with van der Waals surface area (Å²) < 4.78 is 5.69. The summed E-state index contributed by atoms with van der Waals surface area (Å²) in [4.78, 5) is 7.95. The van der Waals surface area contributed by atoms with Crippen molar-refractivity contribution in [2.45, 2.75) is 26.7 Å². The molecule has 0 radical (unpaired) electrons. The summed E-state index contributed by atoms with van der Waals surface area (Å²) in [6.07, 6.45) is 1.65. The molecule has 0 N–H and O–H groups in total. The lowest BCUT2D eigenvalue weighted by molar-refractivity contribution is 0.457. The fourth-order valence-corrected chi connectivity index (χ4v) is 1.67. The van der Waals surface area contributed by atoms with Gasteiger partial charge in [-0.25, -0.2) is 4.98 Å². The van der Waals surface area contributed by atoms with Gasteiger partial charge in [0.15, 0.2) is 0 Å². The molecule has 0 saturated heterocycles. The Labute approximate surface area is 112 Å². The lowest BCUT2D eigenvalue weighted by Gasteiger charge is -2.09. The predicted octanol–water partition coefficient (Wildman–Crippen LogP) is 4.35. The molecule has 0 aliphatic rings. The molecule has 1 heterocycles. The molecule has 1 aromatic heterocycles. The molecule has 0 aliphatic carbocycles. The van der Waals surface area contributed by atoms with E-state index in [0.717, 1.165) is 11.3 Å². The highest BCUT2D eigenvalue weighted by Crippen LogP contribution is 2.25. The van der Waals surface area contributed by atoms with Crippen LogP contribution < -0.4 is 4.74 Å². The number of benzene rings is 1. The Morgan fingerprint density at radius 3 is 2.44 bits per heavy atom. The van der Waals surface area contributed by atoms with Crippen molar-refractivity contribution in [1.29, 1.82) is 0 Å². The predicted molar refractivity (Wildman–Crippen MR) is 72.4 cm³/mol. The minimum absolute atomic E-state index is 0.189. The van der Waals surface area contributed by atoms with Crippen molar-refractivity contribution in [3.05, 3.63) is 46.9 Å². The van der Waals surface area contributed by atoms with Gasteiger partial charge in [0.05, 0.1) is 0 Å². The highest BCUT2D eigenvalue weighted by Gasteiger charge is 2.06. The number of halogens is 1. The van der Waals surface area contributed by atoms with E-state index >= 15 is 0 Å². The Kier molecular flexibility index (Phi) is 3.82. The van der Waals surface area contributed by atoms with Gasteiger partial charge >= 0.3 is 0 Å². The normalized spacial score (nSPS) is 10.7. The zero-order valence-corrected chi connectivity index (χ0v) is 11.4. The molecular weight excluding hydrogens is 248 g/mol. The second kappa shape index (κ2) is 5.36. The largest absolute Gasteiger partial charge is 0.439 e. The maximum absolute atomic E-state index is 5.75. The van der Waals surface area contributed by atoms with Crippen LogP contribution in [0.4, 0.5) is 0 Å². The maximum Gasteiger partial charge on any atom is 0.226 e. The van der Waals surface area contributed by atoms with Crippen LogP contribution >= 0.6 is 11.6 Å². The van der Waals surface area contributed by atoms with Crippen molar-refractivity contribution in [3.63, 3.8) is 0 Å². The van der Waals surface area contributed by atoms with Crippen molar-refractivity contribution in [3.8, 4) is 11.6 Å². The van der Waals surface area contributed by atoms with E-state index in [1.807, 2.05) is 19.1 Å². The first-order valence-corrected chi connectivity index (χ1v) is 6.21. The molecule has 0 fully saturated rings. The maximum atomic E-state index is 5.75. The van der Waals surface area contributed by atoms with Crippen LogP contribution in [0.5, 0.6) is 11.6 Å². The fraction of sp³-hybridized carbons (Fsp3) is 0.286. The average molecular weight is 263 g/mol. The molecule has 0 amide bonds. The summed E-state index contributed by atoms with van der Waals surface area (Å²) in [5, 5.41) is 0.189. The number of aromatic nitrogens is 2. The fourth-order valence-electron chi connectivity index (χ4n) is 1.54. The first kappa shape index (κ1) is 12.8. The van der Waals surface area contributed by atoms with E-state index in [4.69, 9.17) is 16.3 Å². The minimum Gasteiger partial charge on any atom is -0.439 e. The molecule has 0 unspecified atom stereocenters. The first-order valence-electron chi connectivity index (χ1n) is 5.83. The van der Waals surface area contributed by atoms with Gasteiger partial charge in [0, 0.05) is 11.8 Å². The van der Waals surface area contributed by atoms with Crippen LogP contribution in [0, 0.1) is 6.92 Å². The number of hydrogen-bond acceptors (Lipinski definition) is 3. The summed E-state index contributed by atoms with van der Waals surface area (Å²) in [5.41, 5.74) is 2.13. The Morgan fingerprint density at radius 1 is 1.17 bits per heavy atom. The van der Waals surface area contributed by atoms with Crippen LogP contribution in [-0.4, -0.2) is 9.97 Å². The van der Waals surface area contributed by atoms with Gasteiger partial charge in [0.2, 0.25) is 11.2 Å². The Bertz CT molecular complexity index is 538. The van der Waals surface area contributed by atoms with Gasteiger partial charge in [-0.3, -0.25) is 0 Å². The molecule has 4 heteroatoms. The van der Waals surface area contributed by atoms with E-state index in [0.29, 0.717) is 11.8 Å². The number of nitrogens with zero attached hydrogens (tertiary/aromatic N) is 2. The number of aryl methyl sites for hydroxylation is 1. The van der Waals surface area contributed by atoms with Gasteiger partial charge in [0.1, 0.15) is 5.75 Å². The van der Waals surface area contributed by atoms with Crippen LogP contribution in [0.1, 0.15) is 30.9 Å². The highest BCUT2D eigenvalue weighted by molar-refractivity contribution is 6.28. The molecule has 18 heavy (non-hydrogen) atoms. The lowest BCUT2D eigenvalue weighted by atomic mass is 10.0. The van der Waals surface area contributed by atoms with E-state index in [1.165, 1.54) is 5.56 Å². The number of rotatable bonds is 3. The molecule has 0 bridgehead atoms. The van der Waals surface area contributed by atoms with Crippen molar-refractivity contribution in [2.24, 2.45) is 0 Å². The molecule has 3 nitrogen and oxygen atoms in total. The molecule has 0 saturated carbocycles. The first-order chi connectivity index (χ1) is 8.56. The monoisotopic (exact) mass is 262 g/mol. The van der Waals surface area contributed by atoms with Crippen LogP contribution in [0.3, 0.4) is 0 Å². The molecular formula is C14H15ClN2O. The van der Waals surface area contributed by atoms with Crippen LogP contribution in [0.25, 0.3) is 0 Å². The van der Waals surface area contributed by atoms with Gasteiger partial charge in [-0.15, -0.1) is 0 Å². The Hall–Kier alpha value is -1.61. The number of hydrogen-bond donors (Lipinski definition) is 0. The van der Waals surface area contributed by atoms with Crippen molar-refractivity contribution in [1.82, 2.24) is 9.97 Å². The second-order valence-corrected chi connectivity index (χ2v) is 4.79. The zero-order chi connectivity index (χ0) is 13.1.